The van der Waals surface area contributed by atoms with Gasteiger partial charge in [-0.15, -0.1) is 16.8 Å². The molecule has 1 aliphatic rings. The lowest BCUT2D eigenvalue weighted by Gasteiger charge is -2.20. The summed E-state index contributed by atoms with van der Waals surface area (Å²) in [5, 5.41) is 15.0. The van der Waals surface area contributed by atoms with Crippen LogP contribution in [-0.2, 0) is 17.6 Å². The predicted octanol–water partition coefficient (Wildman–Crippen LogP) is 3.98. The zero-order valence-corrected chi connectivity index (χ0v) is 16.6. The van der Waals surface area contributed by atoms with Gasteiger partial charge in [0.25, 0.3) is 0 Å². The van der Waals surface area contributed by atoms with E-state index in [1.54, 1.807) is 6.08 Å². The van der Waals surface area contributed by atoms with E-state index in [0.717, 1.165) is 15.9 Å². The molecular weight excluding hydrogens is 364 g/mol. The van der Waals surface area contributed by atoms with Gasteiger partial charge in [0.15, 0.2) is 4.34 Å². The highest BCUT2D eigenvalue weighted by atomic mass is 32.2. The fourth-order valence-corrected chi connectivity index (χ4v) is 4.59. The molecule has 2 N–H and O–H groups in total. The second kappa shape index (κ2) is 9.19. The number of benzene rings is 1. The van der Waals surface area contributed by atoms with Crippen LogP contribution >= 0.6 is 23.1 Å². The number of aryl methyl sites for hydroxylation is 2. The average molecular weight is 389 g/mol. The highest BCUT2D eigenvalue weighted by Gasteiger charge is 2.15. The first kappa shape index (κ1) is 18.9. The lowest BCUT2D eigenvalue weighted by Crippen LogP contribution is -2.28. The quantitative estimate of drug-likeness (QED) is 0.529. The van der Waals surface area contributed by atoms with Gasteiger partial charge >= 0.3 is 0 Å². The third kappa shape index (κ3) is 5.08. The molecule has 1 aromatic heterocycles. The van der Waals surface area contributed by atoms with Crippen LogP contribution in [0.5, 0.6) is 0 Å². The number of thioether (sulfide) groups is 1. The van der Waals surface area contributed by atoms with Crippen LogP contribution in [0.4, 0.5) is 5.13 Å². The van der Waals surface area contributed by atoms with E-state index in [1.165, 1.54) is 59.1 Å². The van der Waals surface area contributed by atoms with Gasteiger partial charge in [0.05, 0.1) is 11.8 Å². The second-order valence-corrected chi connectivity index (χ2v) is 8.56. The molecule has 7 heteroatoms. The van der Waals surface area contributed by atoms with E-state index >= 15 is 0 Å². The maximum absolute atomic E-state index is 12.3. The van der Waals surface area contributed by atoms with Crippen LogP contribution in [0.15, 0.2) is 35.2 Å². The van der Waals surface area contributed by atoms with Crippen LogP contribution in [-0.4, -0.2) is 28.4 Å². The van der Waals surface area contributed by atoms with Crippen molar-refractivity contribution < 1.29 is 4.79 Å². The van der Waals surface area contributed by atoms with Crippen LogP contribution in [0.1, 0.15) is 42.5 Å². The molecular formula is C19H24N4OS2. The Morgan fingerprint density at radius 1 is 1.35 bits per heavy atom. The standard InChI is InChI=1S/C19H24N4OS2/c1-3-10-20-18-22-23-19(26-18)25-12-17(24)21-13(2)15-9-8-14-6-4-5-7-16(14)11-15/h3,8-9,11,13H,1,4-7,10,12H2,2H3,(H,20,22)(H,21,24)/t13-/m1/s1. The van der Waals surface area contributed by atoms with E-state index in [1.807, 2.05) is 6.92 Å². The number of carbonyl (C=O) groups excluding carboxylic acids is 1. The van der Waals surface area contributed by atoms with E-state index in [-0.39, 0.29) is 11.9 Å². The molecule has 1 aliphatic carbocycles. The number of hydrogen-bond acceptors (Lipinski definition) is 6. The van der Waals surface area contributed by atoms with Gasteiger partial charge in [0, 0.05) is 6.54 Å². The SMILES string of the molecule is C=CCNc1nnc(SCC(=O)N[C@H](C)c2ccc3c(c2)CCCC3)s1. The maximum atomic E-state index is 12.3. The summed E-state index contributed by atoms with van der Waals surface area (Å²) in [4.78, 5) is 12.3. The molecule has 0 radical (unpaired) electrons. The average Bonchev–Trinajstić information content (AvgIpc) is 3.12. The molecule has 1 heterocycles. The van der Waals surface area contributed by atoms with Crippen molar-refractivity contribution in [2.75, 3.05) is 17.6 Å². The molecule has 0 unspecified atom stereocenters. The van der Waals surface area contributed by atoms with Crippen molar-refractivity contribution in [2.24, 2.45) is 0 Å². The summed E-state index contributed by atoms with van der Waals surface area (Å²) in [7, 11) is 0. The van der Waals surface area contributed by atoms with Crippen LogP contribution in [0.3, 0.4) is 0 Å². The molecule has 1 aromatic carbocycles. The van der Waals surface area contributed by atoms with Crippen LogP contribution < -0.4 is 10.6 Å². The second-order valence-electron chi connectivity index (χ2n) is 6.36. The lowest BCUT2D eigenvalue weighted by atomic mass is 9.89. The van der Waals surface area contributed by atoms with Gasteiger partial charge in [-0.3, -0.25) is 4.79 Å². The van der Waals surface area contributed by atoms with Crippen molar-refractivity contribution >= 4 is 34.1 Å². The molecule has 3 rings (SSSR count). The minimum absolute atomic E-state index is 0.00886. The minimum Gasteiger partial charge on any atom is -0.357 e. The Balaban J connectivity index is 1.49. The molecule has 0 saturated carbocycles. The van der Waals surface area contributed by atoms with Gasteiger partial charge in [0.2, 0.25) is 11.0 Å². The Bertz CT molecular complexity index is 775. The molecule has 2 aromatic rings. The summed E-state index contributed by atoms with van der Waals surface area (Å²) in [6.07, 6.45) is 6.65. The van der Waals surface area contributed by atoms with E-state index in [9.17, 15) is 4.79 Å². The molecule has 5 nitrogen and oxygen atoms in total. The van der Waals surface area contributed by atoms with Gasteiger partial charge in [-0.05, 0) is 49.3 Å². The smallest absolute Gasteiger partial charge is 0.230 e. The predicted molar refractivity (Wildman–Crippen MR) is 109 cm³/mol. The van der Waals surface area contributed by atoms with Gasteiger partial charge in [-0.2, -0.15) is 0 Å². The number of nitrogens with one attached hydrogen (secondary N) is 2. The van der Waals surface area contributed by atoms with Crippen molar-refractivity contribution in [3.8, 4) is 0 Å². The summed E-state index contributed by atoms with van der Waals surface area (Å²) in [6, 6.07) is 6.63. The lowest BCUT2D eigenvalue weighted by molar-refractivity contribution is -0.119. The third-order valence-electron chi connectivity index (χ3n) is 4.38. The van der Waals surface area contributed by atoms with Gasteiger partial charge in [-0.1, -0.05) is 47.4 Å². The van der Waals surface area contributed by atoms with E-state index < -0.39 is 0 Å². The molecule has 0 spiro atoms. The van der Waals surface area contributed by atoms with Crippen LogP contribution in [0.25, 0.3) is 0 Å². The summed E-state index contributed by atoms with van der Waals surface area (Å²) >= 11 is 2.86. The highest BCUT2D eigenvalue weighted by molar-refractivity contribution is 8.01. The summed E-state index contributed by atoms with van der Waals surface area (Å²) < 4.78 is 0.785. The molecule has 0 bridgehead atoms. The zero-order chi connectivity index (χ0) is 18.4. The molecule has 0 aliphatic heterocycles. The minimum atomic E-state index is 0.00886. The van der Waals surface area contributed by atoms with Gasteiger partial charge in [-0.25, -0.2) is 0 Å². The number of hydrogen-bond donors (Lipinski definition) is 2. The number of nitrogens with zero attached hydrogens (tertiary/aromatic N) is 2. The monoisotopic (exact) mass is 388 g/mol. The molecule has 0 saturated heterocycles. The zero-order valence-electron chi connectivity index (χ0n) is 15.0. The van der Waals surface area contributed by atoms with Crippen molar-refractivity contribution in [1.29, 1.82) is 0 Å². The van der Waals surface area contributed by atoms with Crippen molar-refractivity contribution in [1.82, 2.24) is 15.5 Å². The Hall–Kier alpha value is -1.86. The van der Waals surface area contributed by atoms with Crippen LogP contribution in [0, 0.1) is 0 Å². The Kier molecular flexibility index (Phi) is 6.68. The number of rotatable bonds is 8. The topological polar surface area (TPSA) is 66.9 Å². The number of anilines is 1. The van der Waals surface area contributed by atoms with Crippen molar-refractivity contribution in [2.45, 2.75) is 43.0 Å². The third-order valence-corrected chi connectivity index (χ3v) is 6.40. The first-order valence-corrected chi connectivity index (χ1v) is 10.7. The molecule has 0 fully saturated rings. The fourth-order valence-electron chi connectivity index (χ4n) is 3.02. The largest absolute Gasteiger partial charge is 0.357 e. The fraction of sp³-hybridized carbons (Fsp3) is 0.421. The van der Waals surface area contributed by atoms with E-state index in [2.05, 4.69) is 45.6 Å². The summed E-state index contributed by atoms with van der Waals surface area (Å²) in [5.41, 5.74) is 4.08. The first-order chi connectivity index (χ1) is 12.7. The highest BCUT2D eigenvalue weighted by Crippen LogP contribution is 2.26. The Morgan fingerprint density at radius 2 is 2.15 bits per heavy atom. The molecule has 138 valence electrons. The van der Waals surface area contributed by atoms with Crippen LogP contribution in [0.2, 0.25) is 0 Å². The van der Waals surface area contributed by atoms with Gasteiger partial charge < -0.3 is 10.6 Å². The molecule has 1 amide bonds. The maximum Gasteiger partial charge on any atom is 0.230 e. The van der Waals surface area contributed by atoms with Gasteiger partial charge in [0.1, 0.15) is 0 Å². The summed E-state index contributed by atoms with van der Waals surface area (Å²) in [5.74, 6) is 0.349. The Labute approximate surface area is 162 Å². The Morgan fingerprint density at radius 3 is 2.96 bits per heavy atom. The normalized spacial score (nSPS) is 14.3. The molecule has 26 heavy (non-hydrogen) atoms. The van der Waals surface area contributed by atoms with E-state index in [4.69, 9.17) is 0 Å². The number of fused-ring (bicyclic) bond motifs is 1. The van der Waals surface area contributed by atoms with Crippen molar-refractivity contribution in [3.63, 3.8) is 0 Å². The first-order valence-electron chi connectivity index (χ1n) is 8.88. The summed E-state index contributed by atoms with van der Waals surface area (Å²) in [6.45, 7) is 6.34. The number of aromatic nitrogens is 2. The molecule has 1 atom stereocenters. The number of carbonyl (C=O) groups is 1. The number of amides is 1. The van der Waals surface area contributed by atoms with Crippen molar-refractivity contribution in [3.05, 3.63) is 47.5 Å². The van der Waals surface area contributed by atoms with E-state index in [0.29, 0.717) is 12.3 Å².